The highest BCUT2D eigenvalue weighted by atomic mass is 79.9. The molecule has 2 rings (SSSR count). The van der Waals surface area contributed by atoms with Crippen molar-refractivity contribution in [2.75, 3.05) is 7.11 Å². The van der Waals surface area contributed by atoms with Crippen LogP contribution in [0.25, 0.3) is 0 Å². The van der Waals surface area contributed by atoms with Crippen LogP contribution < -0.4 is 5.32 Å². The maximum atomic E-state index is 12.3. The van der Waals surface area contributed by atoms with E-state index in [1.807, 2.05) is 24.3 Å². The minimum Gasteiger partial charge on any atom is -0.469 e. The van der Waals surface area contributed by atoms with E-state index in [9.17, 15) is 9.59 Å². The Bertz CT molecular complexity index is 687. The zero-order chi connectivity index (χ0) is 16.8. The summed E-state index contributed by atoms with van der Waals surface area (Å²) < 4.78 is 5.61. The van der Waals surface area contributed by atoms with Crippen LogP contribution in [0.4, 0.5) is 0 Å². The van der Waals surface area contributed by atoms with Gasteiger partial charge < -0.3 is 10.1 Å². The van der Waals surface area contributed by atoms with Crippen LogP contribution >= 0.6 is 15.9 Å². The molecule has 1 N–H and O–H groups in total. The van der Waals surface area contributed by atoms with Gasteiger partial charge in [-0.1, -0.05) is 28.1 Å². The minimum atomic E-state index is -0.508. The number of aromatic nitrogens is 2. The highest BCUT2D eigenvalue weighted by Crippen LogP contribution is 2.20. The normalized spacial score (nSPS) is 11.6. The molecule has 7 heteroatoms. The first-order valence-electron chi connectivity index (χ1n) is 6.91. The van der Waals surface area contributed by atoms with Gasteiger partial charge in [-0.15, -0.1) is 0 Å². The molecule has 1 amide bonds. The lowest BCUT2D eigenvalue weighted by Crippen LogP contribution is -2.31. The van der Waals surface area contributed by atoms with Crippen LogP contribution in [0.5, 0.6) is 0 Å². The van der Waals surface area contributed by atoms with Crippen LogP contribution in [-0.2, 0) is 9.53 Å². The summed E-state index contributed by atoms with van der Waals surface area (Å²) in [4.78, 5) is 32.0. The zero-order valence-electron chi connectivity index (χ0n) is 12.7. The number of carbonyl (C=O) groups excluding carboxylic acids is 2. The lowest BCUT2D eigenvalue weighted by atomic mass is 10.0. The molecule has 120 valence electrons. The quantitative estimate of drug-likeness (QED) is 0.809. The number of hydrogen-bond acceptors (Lipinski definition) is 5. The summed E-state index contributed by atoms with van der Waals surface area (Å²) in [5.74, 6) is -0.803. The van der Waals surface area contributed by atoms with E-state index in [1.165, 1.54) is 19.5 Å². The second-order valence-electron chi connectivity index (χ2n) is 4.90. The van der Waals surface area contributed by atoms with Crippen molar-refractivity contribution in [3.05, 3.63) is 58.1 Å². The van der Waals surface area contributed by atoms with Gasteiger partial charge >= 0.3 is 5.97 Å². The minimum absolute atomic E-state index is 0.0309. The van der Waals surface area contributed by atoms with Gasteiger partial charge in [-0.3, -0.25) is 14.6 Å². The molecule has 23 heavy (non-hydrogen) atoms. The smallest absolute Gasteiger partial charge is 0.307 e. The van der Waals surface area contributed by atoms with Crippen LogP contribution in [0.3, 0.4) is 0 Å². The van der Waals surface area contributed by atoms with Crippen LogP contribution in [-0.4, -0.2) is 29.0 Å². The number of methoxy groups -OCH3 is 1. The molecule has 0 bridgehead atoms. The third-order valence-corrected chi connectivity index (χ3v) is 3.72. The number of nitrogens with zero attached hydrogens (tertiary/aromatic N) is 2. The van der Waals surface area contributed by atoms with Crippen LogP contribution in [0.1, 0.15) is 34.2 Å². The van der Waals surface area contributed by atoms with Gasteiger partial charge in [-0.2, -0.15) is 0 Å². The molecular formula is C16H16BrN3O3. The molecule has 1 unspecified atom stereocenters. The first kappa shape index (κ1) is 17.1. The fourth-order valence-electron chi connectivity index (χ4n) is 1.94. The number of rotatable bonds is 5. The SMILES string of the molecule is COC(=O)CC(NC(=O)c1cnc(C)cn1)c1ccc(Br)cc1. The van der Waals surface area contributed by atoms with Gasteiger partial charge in [0.1, 0.15) is 5.69 Å². The summed E-state index contributed by atoms with van der Waals surface area (Å²) in [7, 11) is 1.31. The summed E-state index contributed by atoms with van der Waals surface area (Å²) in [5.41, 5.74) is 1.72. The Labute approximate surface area is 142 Å². The second-order valence-corrected chi connectivity index (χ2v) is 5.82. The van der Waals surface area contributed by atoms with E-state index in [1.54, 1.807) is 6.92 Å². The maximum Gasteiger partial charge on any atom is 0.307 e. The molecular weight excluding hydrogens is 362 g/mol. The summed E-state index contributed by atoms with van der Waals surface area (Å²) in [6.45, 7) is 1.79. The summed E-state index contributed by atoms with van der Waals surface area (Å²) in [6.07, 6.45) is 2.95. The first-order chi connectivity index (χ1) is 11.0. The highest BCUT2D eigenvalue weighted by molar-refractivity contribution is 9.10. The number of nitrogens with one attached hydrogen (secondary N) is 1. The van der Waals surface area contributed by atoms with Gasteiger partial charge in [0, 0.05) is 10.7 Å². The number of benzene rings is 1. The number of hydrogen-bond donors (Lipinski definition) is 1. The molecule has 0 radical (unpaired) electrons. The number of aryl methyl sites for hydroxylation is 1. The van der Waals surface area contributed by atoms with E-state index >= 15 is 0 Å². The van der Waals surface area contributed by atoms with Crippen LogP contribution in [0, 0.1) is 6.92 Å². The third kappa shape index (κ3) is 4.85. The van der Waals surface area contributed by atoms with E-state index in [4.69, 9.17) is 4.74 Å². The van der Waals surface area contributed by atoms with E-state index < -0.39 is 17.9 Å². The van der Waals surface area contributed by atoms with Crippen molar-refractivity contribution in [1.82, 2.24) is 15.3 Å². The van der Waals surface area contributed by atoms with Crippen molar-refractivity contribution in [3.63, 3.8) is 0 Å². The van der Waals surface area contributed by atoms with Crippen molar-refractivity contribution in [2.45, 2.75) is 19.4 Å². The maximum absolute atomic E-state index is 12.3. The van der Waals surface area contributed by atoms with Crippen molar-refractivity contribution in [2.24, 2.45) is 0 Å². The van der Waals surface area contributed by atoms with Crippen molar-refractivity contribution in [1.29, 1.82) is 0 Å². The Morgan fingerprint density at radius 3 is 2.48 bits per heavy atom. The van der Waals surface area contributed by atoms with Gasteiger partial charge in [-0.05, 0) is 24.6 Å². The molecule has 1 aromatic heterocycles. The Morgan fingerprint density at radius 1 is 1.22 bits per heavy atom. The van der Waals surface area contributed by atoms with Gasteiger partial charge in [0.25, 0.3) is 5.91 Å². The lowest BCUT2D eigenvalue weighted by Gasteiger charge is -2.18. The van der Waals surface area contributed by atoms with Gasteiger partial charge in [0.05, 0.1) is 31.5 Å². The predicted molar refractivity (Wildman–Crippen MR) is 87.8 cm³/mol. The number of halogens is 1. The summed E-state index contributed by atoms with van der Waals surface area (Å²) in [5, 5.41) is 2.80. The lowest BCUT2D eigenvalue weighted by molar-refractivity contribution is -0.141. The molecule has 0 aliphatic rings. The van der Waals surface area contributed by atoms with Crippen LogP contribution in [0.15, 0.2) is 41.1 Å². The molecule has 0 fully saturated rings. The third-order valence-electron chi connectivity index (χ3n) is 3.19. The molecule has 1 atom stereocenters. The highest BCUT2D eigenvalue weighted by Gasteiger charge is 2.20. The zero-order valence-corrected chi connectivity index (χ0v) is 14.3. The van der Waals surface area contributed by atoms with Crippen molar-refractivity contribution >= 4 is 27.8 Å². The fraction of sp³-hybridized carbons (Fsp3) is 0.250. The Kier molecular flexibility index (Phi) is 5.81. The predicted octanol–water partition coefficient (Wildman–Crippen LogP) is 2.58. The standard InChI is InChI=1S/C16H16BrN3O3/c1-10-8-19-14(9-18-10)16(22)20-13(7-15(21)23-2)11-3-5-12(17)6-4-11/h3-6,8-9,13H,7H2,1-2H3,(H,20,22). The topological polar surface area (TPSA) is 81.2 Å². The summed E-state index contributed by atoms with van der Waals surface area (Å²) in [6, 6.07) is 6.85. The second kappa shape index (κ2) is 7.82. The van der Waals surface area contributed by atoms with E-state index in [2.05, 4.69) is 31.2 Å². The summed E-state index contributed by atoms with van der Waals surface area (Å²) >= 11 is 3.36. The van der Waals surface area contributed by atoms with Gasteiger partial charge in [-0.25, -0.2) is 4.98 Å². The first-order valence-corrected chi connectivity index (χ1v) is 7.70. The van der Waals surface area contributed by atoms with Crippen molar-refractivity contribution in [3.8, 4) is 0 Å². The molecule has 0 saturated carbocycles. The Morgan fingerprint density at radius 2 is 1.91 bits per heavy atom. The molecule has 0 aliphatic carbocycles. The van der Waals surface area contributed by atoms with E-state index in [0.717, 1.165) is 15.7 Å². The molecule has 1 aromatic carbocycles. The van der Waals surface area contributed by atoms with E-state index in [-0.39, 0.29) is 12.1 Å². The molecule has 0 saturated heterocycles. The average molecular weight is 378 g/mol. The number of ether oxygens (including phenoxy) is 1. The average Bonchev–Trinajstić information content (AvgIpc) is 2.55. The van der Waals surface area contributed by atoms with E-state index in [0.29, 0.717) is 0 Å². The molecule has 0 spiro atoms. The van der Waals surface area contributed by atoms with Gasteiger partial charge in [0.2, 0.25) is 0 Å². The number of carbonyl (C=O) groups is 2. The fourth-order valence-corrected chi connectivity index (χ4v) is 2.20. The Hall–Kier alpha value is -2.28. The molecule has 1 heterocycles. The monoisotopic (exact) mass is 377 g/mol. The Balaban J connectivity index is 2.19. The number of esters is 1. The van der Waals surface area contributed by atoms with Gasteiger partial charge in [0.15, 0.2) is 0 Å². The number of amides is 1. The van der Waals surface area contributed by atoms with Crippen molar-refractivity contribution < 1.29 is 14.3 Å². The molecule has 6 nitrogen and oxygen atoms in total. The molecule has 2 aromatic rings. The largest absolute Gasteiger partial charge is 0.469 e. The molecule has 0 aliphatic heterocycles. The van der Waals surface area contributed by atoms with Crippen LogP contribution in [0.2, 0.25) is 0 Å².